The van der Waals surface area contributed by atoms with Gasteiger partial charge < -0.3 is 19.7 Å². The van der Waals surface area contributed by atoms with Crippen molar-refractivity contribution in [3.8, 4) is 5.75 Å². The third-order valence-electron chi connectivity index (χ3n) is 7.70. The lowest BCUT2D eigenvalue weighted by atomic mass is 9.84. The topological polar surface area (TPSA) is 68.8 Å². The fourth-order valence-corrected chi connectivity index (χ4v) is 5.47. The summed E-state index contributed by atoms with van der Waals surface area (Å²) in [5.41, 5.74) is 3.58. The van der Waals surface area contributed by atoms with E-state index < -0.39 is 0 Å². The molecular weight excluding hydrogens is 445 g/mol. The van der Waals surface area contributed by atoms with Crippen molar-refractivity contribution in [1.29, 1.82) is 0 Å². The minimum Gasteiger partial charge on any atom is -0.497 e. The molecule has 0 saturated heterocycles. The number of nitrogens with zero attached hydrogens (tertiary/aromatic N) is 2. The number of aliphatic hydroxyl groups is 1. The normalized spacial score (nSPS) is 19.9. The first-order valence-electron chi connectivity index (χ1n) is 12.6. The van der Waals surface area contributed by atoms with Gasteiger partial charge in [-0.3, -0.25) is 9.69 Å². The molecule has 186 valence electrons. The van der Waals surface area contributed by atoms with E-state index in [1.165, 1.54) is 6.07 Å². The number of aromatic nitrogens is 1. The van der Waals surface area contributed by atoms with Crippen LogP contribution in [-0.4, -0.2) is 59.1 Å². The van der Waals surface area contributed by atoms with Gasteiger partial charge >= 0.3 is 0 Å². The molecule has 0 bridgehead atoms. The maximum absolute atomic E-state index is 14.6. The van der Waals surface area contributed by atoms with Crippen LogP contribution in [0, 0.1) is 11.7 Å². The van der Waals surface area contributed by atoms with Crippen LogP contribution in [0.2, 0.25) is 0 Å². The molecule has 6 nitrogen and oxygen atoms in total. The summed E-state index contributed by atoms with van der Waals surface area (Å²) in [5.74, 6) is 0.931. The summed E-state index contributed by atoms with van der Waals surface area (Å²) in [6, 6.07) is 12.5. The van der Waals surface area contributed by atoms with Gasteiger partial charge in [0.1, 0.15) is 11.6 Å². The van der Waals surface area contributed by atoms with Gasteiger partial charge in [0.15, 0.2) is 0 Å². The van der Waals surface area contributed by atoms with E-state index in [1.54, 1.807) is 19.2 Å². The minimum atomic E-state index is -0.308. The van der Waals surface area contributed by atoms with Crippen molar-refractivity contribution < 1.29 is 19.0 Å². The number of hydrogen-bond donors (Lipinski definition) is 2. The number of H-pyrrole nitrogens is 1. The van der Waals surface area contributed by atoms with Crippen molar-refractivity contribution in [1.82, 2.24) is 14.8 Å². The average Bonchev–Trinajstić information content (AvgIpc) is 3.18. The molecule has 2 aliphatic rings. The van der Waals surface area contributed by atoms with Crippen LogP contribution in [0.25, 0.3) is 10.9 Å². The summed E-state index contributed by atoms with van der Waals surface area (Å²) in [4.78, 5) is 20.9. The van der Waals surface area contributed by atoms with E-state index >= 15 is 0 Å². The first-order valence-corrected chi connectivity index (χ1v) is 12.6. The van der Waals surface area contributed by atoms with E-state index in [0.717, 1.165) is 53.6 Å². The number of hydrogen-bond acceptors (Lipinski definition) is 4. The molecular formula is C28H34FN3O3. The lowest BCUT2D eigenvalue weighted by molar-refractivity contribution is -0.138. The first kappa shape index (κ1) is 23.8. The van der Waals surface area contributed by atoms with Gasteiger partial charge in [0.05, 0.1) is 19.8 Å². The second-order valence-electron chi connectivity index (χ2n) is 9.75. The summed E-state index contributed by atoms with van der Waals surface area (Å²) < 4.78 is 20.0. The molecule has 1 aliphatic carbocycles. The maximum Gasteiger partial charge on any atom is 0.225 e. The Labute approximate surface area is 205 Å². The molecule has 35 heavy (non-hydrogen) atoms. The quantitative estimate of drug-likeness (QED) is 0.568. The number of amides is 1. The van der Waals surface area contributed by atoms with E-state index in [0.29, 0.717) is 38.2 Å². The third kappa shape index (κ3) is 4.80. The number of benzene rings is 2. The summed E-state index contributed by atoms with van der Waals surface area (Å²) in [6.07, 6.45) is 4.57. The van der Waals surface area contributed by atoms with Gasteiger partial charge in [0.2, 0.25) is 5.91 Å². The van der Waals surface area contributed by atoms with Crippen molar-refractivity contribution in [2.75, 3.05) is 33.4 Å². The van der Waals surface area contributed by atoms with Gasteiger partial charge in [0.25, 0.3) is 0 Å². The van der Waals surface area contributed by atoms with E-state index in [-0.39, 0.29) is 30.3 Å². The number of halogens is 1. The number of nitrogens with one attached hydrogen (secondary N) is 1. The Kier molecular flexibility index (Phi) is 7.07. The highest BCUT2D eigenvalue weighted by Crippen LogP contribution is 2.35. The number of rotatable bonds is 5. The van der Waals surface area contributed by atoms with Crippen molar-refractivity contribution in [3.05, 3.63) is 65.1 Å². The Bertz CT molecular complexity index is 1190. The van der Waals surface area contributed by atoms with Gasteiger partial charge in [-0.15, -0.1) is 0 Å². The monoisotopic (exact) mass is 479 g/mol. The molecule has 2 heterocycles. The van der Waals surface area contributed by atoms with Crippen LogP contribution in [-0.2, 0) is 17.8 Å². The second kappa shape index (κ2) is 10.4. The standard InChI is InChI=1S/C28H34FN3O3/c1-35-21-10-11-22-23-12-15-31(28(34)19-7-4-8-19)13-5-14-32(17-20-6-2-3-9-24(20)29)26(18-33)27(23)30-25(22)16-21/h2-3,6,9-11,16,19,26,30,33H,4-5,7-8,12-15,17-18H2,1H3/t26-/m0/s1. The SMILES string of the molecule is COc1ccc2c3c([nH]c2c1)[C@H](CO)N(Cc1ccccc1F)CCCN(C(=O)C1CCC1)CC3. The number of fused-ring (bicyclic) bond motifs is 3. The largest absolute Gasteiger partial charge is 0.497 e. The zero-order chi connectivity index (χ0) is 24.4. The van der Waals surface area contributed by atoms with Crippen LogP contribution in [0.1, 0.15) is 48.5 Å². The number of aromatic amines is 1. The van der Waals surface area contributed by atoms with Gasteiger partial charge in [-0.05, 0) is 49.4 Å². The molecule has 0 spiro atoms. The van der Waals surface area contributed by atoms with Crippen LogP contribution in [0.5, 0.6) is 5.75 Å². The minimum absolute atomic E-state index is 0.0872. The number of aliphatic hydroxyl groups excluding tert-OH is 1. The van der Waals surface area contributed by atoms with E-state index in [9.17, 15) is 14.3 Å². The van der Waals surface area contributed by atoms with Gasteiger partial charge in [-0.1, -0.05) is 24.6 Å². The van der Waals surface area contributed by atoms with Gasteiger partial charge in [-0.2, -0.15) is 0 Å². The lowest BCUT2D eigenvalue weighted by Crippen LogP contribution is -2.43. The molecule has 0 radical (unpaired) electrons. The molecule has 2 aromatic carbocycles. The van der Waals surface area contributed by atoms with Crippen LogP contribution < -0.4 is 4.74 Å². The Balaban J connectivity index is 1.54. The fourth-order valence-electron chi connectivity index (χ4n) is 5.47. The van der Waals surface area contributed by atoms with Crippen molar-refractivity contribution in [2.45, 2.75) is 44.7 Å². The highest BCUT2D eigenvalue weighted by molar-refractivity contribution is 5.86. The molecule has 1 saturated carbocycles. The summed E-state index contributed by atoms with van der Waals surface area (Å²) in [7, 11) is 1.64. The molecule has 2 N–H and O–H groups in total. The number of carbonyl (C=O) groups is 1. The predicted octanol–water partition coefficient (Wildman–Crippen LogP) is 4.43. The molecule has 5 rings (SSSR count). The number of ether oxygens (including phenoxy) is 1. The number of carbonyl (C=O) groups excluding carboxylic acids is 1. The molecule has 0 unspecified atom stereocenters. The van der Waals surface area contributed by atoms with Crippen molar-refractivity contribution in [2.24, 2.45) is 5.92 Å². The lowest BCUT2D eigenvalue weighted by Gasteiger charge is -2.35. The molecule has 1 amide bonds. The Morgan fingerprint density at radius 3 is 2.69 bits per heavy atom. The summed E-state index contributed by atoms with van der Waals surface area (Å²) in [6.45, 7) is 2.27. The highest BCUT2D eigenvalue weighted by Gasteiger charge is 2.32. The van der Waals surface area contributed by atoms with Crippen LogP contribution in [0.3, 0.4) is 0 Å². The van der Waals surface area contributed by atoms with Crippen LogP contribution in [0.15, 0.2) is 42.5 Å². The average molecular weight is 480 g/mol. The van der Waals surface area contributed by atoms with E-state index in [4.69, 9.17) is 4.74 Å². The summed E-state index contributed by atoms with van der Waals surface area (Å²) >= 11 is 0. The van der Waals surface area contributed by atoms with E-state index in [1.807, 2.05) is 29.2 Å². The van der Waals surface area contributed by atoms with E-state index in [2.05, 4.69) is 9.88 Å². The van der Waals surface area contributed by atoms with Crippen LogP contribution >= 0.6 is 0 Å². The number of methoxy groups -OCH3 is 1. The summed E-state index contributed by atoms with van der Waals surface area (Å²) in [5, 5.41) is 11.6. The third-order valence-corrected chi connectivity index (χ3v) is 7.70. The fraction of sp³-hybridized carbons (Fsp3) is 0.464. The first-order chi connectivity index (χ1) is 17.1. The zero-order valence-electron chi connectivity index (χ0n) is 20.3. The van der Waals surface area contributed by atoms with Crippen molar-refractivity contribution in [3.63, 3.8) is 0 Å². The Morgan fingerprint density at radius 1 is 1.14 bits per heavy atom. The molecule has 7 heteroatoms. The molecule has 3 aromatic rings. The zero-order valence-corrected chi connectivity index (χ0v) is 20.3. The maximum atomic E-state index is 14.6. The predicted molar refractivity (Wildman–Crippen MR) is 134 cm³/mol. The highest BCUT2D eigenvalue weighted by atomic mass is 19.1. The molecule has 1 aliphatic heterocycles. The molecule has 1 atom stereocenters. The second-order valence-corrected chi connectivity index (χ2v) is 9.75. The van der Waals surface area contributed by atoms with Crippen LogP contribution in [0.4, 0.5) is 4.39 Å². The molecule has 1 aromatic heterocycles. The van der Waals surface area contributed by atoms with Crippen molar-refractivity contribution >= 4 is 16.8 Å². The Morgan fingerprint density at radius 2 is 1.97 bits per heavy atom. The smallest absolute Gasteiger partial charge is 0.225 e. The Hall–Kier alpha value is -2.90. The van der Waals surface area contributed by atoms with Gasteiger partial charge in [0, 0.05) is 60.3 Å². The van der Waals surface area contributed by atoms with Gasteiger partial charge in [-0.25, -0.2) is 4.39 Å². The molecule has 1 fully saturated rings.